The van der Waals surface area contributed by atoms with Gasteiger partial charge >= 0.3 is 6.18 Å². The van der Waals surface area contributed by atoms with Gasteiger partial charge in [0.2, 0.25) is 11.5 Å². The fourth-order valence-electron chi connectivity index (χ4n) is 2.68. The van der Waals surface area contributed by atoms with Crippen molar-refractivity contribution in [1.82, 2.24) is 4.98 Å². The van der Waals surface area contributed by atoms with Crippen LogP contribution in [0.15, 0.2) is 42.5 Å². The number of hydrogen-bond acceptors (Lipinski definition) is 6. The number of halogens is 3. The van der Waals surface area contributed by atoms with E-state index in [-0.39, 0.29) is 11.4 Å². The van der Waals surface area contributed by atoms with E-state index >= 15 is 0 Å². The van der Waals surface area contributed by atoms with Gasteiger partial charge in [0.25, 0.3) is 0 Å². The number of benzene rings is 2. The SMILES string of the molecule is COc1ccc(OC)c(NC(=O)CC(O)(c2nc3ccccc3s2)C(F)(F)F)c1. The molecule has 0 saturated carbocycles. The quantitative estimate of drug-likeness (QED) is 0.621. The first-order valence-corrected chi connectivity index (χ1v) is 9.16. The Bertz CT molecular complexity index is 1000. The lowest BCUT2D eigenvalue weighted by Gasteiger charge is -2.28. The summed E-state index contributed by atoms with van der Waals surface area (Å²) in [6, 6.07) is 10.9. The summed E-state index contributed by atoms with van der Waals surface area (Å²) in [6.45, 7) is 0. The van der Waals surface area contributed by atoms with Crippen LogP contribution in [0.2, 0.25) is 0 Å². The molecule has 154 valence electrons. The van der Waals surface area contributed by atoms with E-state index in [1.807, 2.05) is 0 Å². The number of methoxy groups -OCH3 is 2. The molecule has 1 unspecified atom stereocenters. The number of amides is 1. The van der Waals surface area contributed by atoms with Gasteiger partial charge in [-0.2, -0.15) is 13.2 Å². The number of nitrogens with zero attached hydrogens (tertiary/aromatic N) is 1. The van der Waals surface area contributed by atoms with Crippen molar-refractivity contribution in [2.45, 2.75) is 18.2 Å². The molecule has 2 N–H and O–H groups in total. The molecule has 0 bridgehead atoms. The number of hydrogen-bond donors (Lipinski definition) is 2. The lowest BCUT2D eigenvalue weighted by atomic mass is 9.99. The lowest BCUT2D eigenvalue weighted by molar-refractivity contribution is -0.266. The first-order chi connectivity index (χ1) is 13.7. The number of nitrogens with one attached hydrogen (secondary N) is 1. The number of alkyl halides is 3. The van der Waals surface area contributed by atoms with Crippen LogP contribution in [-0.2, 0) is 10.4 Å². The van der Waals surface area contributed by atoms with Crippen LogP contribution in [0.5, 0.6) is 11.5 Å². The number of carbonyl (C=O) groups is 1. The molecule has 0 aliphatic rings. The second kappa shape index (κ2) is 7.88. The number of ether oxygens (including phenoxy) is 2. The Hall–Kier alpha value is -2.85. The Kier molecular flexibility index (Phi) is 5.67. The standard InChI is InChI=1S/C19H17F3N2O4S/c1-27-11-7-8-14(28-2)13(9-11)23-16(25)10-18(26,19(20,21)22)17-24-12-5-3-4-6-15(12)29-17/h3-9,26H,10H2,1-2H3,(H,23,25). The third-order valence-corrected chi connectivity index (χ3v) is 5.40. The highest BCUT2D eigenvalue weighted by Crippen LogP contribution is 2.44. The Balaban J connectivity index is 1.92. The van der Waals surface area contributed by atoms with Crippen LogP contribution >= 0.6 is 11.3 Å². The third-order valence-electron chi connectivity index (χ3n) is 4.21. The number of anilines is 1. The monoisotopic (exact) mass is 426 g/mol. The molecule has 2 aromatic carbocycles. The number of carbonyl (C=O) groups excluding carboxylic acids is 1. The van der Waals surface area contributed by atoms with Crippen LogP contribution in [0, 0.1) is 0 Å². The molecule has 0 radical (unpaired) electrons. The van der Waals surface area contributed by atoms with Crippen molar-refractivity contribution in [3.05, 3.63) is 47.5 Å². The molecule has 6 nitrogen and oxygen atoms in total. The smallest absolute Gasteiger partial charge is 0.424 e. The highest BCUT2D eigenvalue weighted by atomic mass is 32.1. The van der Waals surface area contributed by atoms with Crippen molar-refractivity contribution >= 4 is 33.1 Å². The summed E-state index contributed by atoms with van der Waals surface area (Å²) in [4.78, 5) is 16.3. The summed E-state index contributed by atoms with van der Waals surface area (Å²) in [6.07, 6.45) is -6.38. The van der Waals surface area contributed by atoms with Crippen molar-refractivity contribution < 1.29 is 32.5 Å². The van der Waals surface area contributed by atoms with Crippen molar-refractivity contribution in [1.29, 1.82) is 0 Å². The molecule has 1 atom stereocenters. The summed E-state index contributed by atoms with van der Waals surface area (Å²) in [5.41, 5.74) is -3.01. The van der Waals surface area contributed by atoms with Crippen LogP contribution in [0.3, 0.4) is 0 Å². The number of para-hydroxylation sites is 1. The molecule has 29 heavy (non-hydrogen) atoms. The number of rotatable bonds is 6. The normalized spacial score (nSPS) is 13.7. The van der Waals surface area contributed by atoms with Crippen molar-refractivity contribution in [3.8, 4) is 11.5 Å². The largest absolute Gasteiger partial charge is 0.497 e. The van der Waals surface area contributed by atoms with E-state index in [1.54, 1.807) is 24.3 Å². The van der Waals surface area contributed by atoms with Gasteiger partial charge in [-0.15, -0.1) is 11.3 Å². The van der Waals surface area contributed by atoms with E-state index in [2.05, 4.69) is 10.3 Å². The number of aliphatic hydroxyl groups is 1. The maximum Gasteiger partial charge on any atom is 0.424 e. The van der Waals surface area contributed by atoms with Crippen LogP contribution in [-0.4, -0.2) is 36.4 Å². The molecule has 0 aliphatic carbocycles. The molecule has 1 amide bonds. The fourth-order valence-corrected chi connectivity index (χ4v) is 3.76. The van der Waals surface area contributed by atoms with E-state index in [4.69, 9.17) is 9.47 Å². The second-order valence-corrected chi connectivity index (χ2v) is 7.17. The predicted octanol–water partition coefficient (Wildman–Crippen LogP) is 4.09. The van der Waals surface area contributed by atoms with Crippen molar-refractivity contribution in [3.63, 3.8) is 0 Å². The summed E-state index contributed by atoms with van der Waals surface area (Å²) >= 11 is 0.687. The van der Waals surface area contributed by atoms with E-state index in [1.165, 1.54) is 32.4 Å². The Morgan fingerprint density at radius 2 is 1.90 bits per heavy atom. The number of fused-ring (bicyclic) bond motifs is 1. The zero-order valence-electron chi connectivity index (χ0n) is 15.4. The fraction of sp³-hybridized carbons (Fsp3) is 0.263. The number of aromatic nitrogens is 1. The predicted molar refractivity (Wildman–Crippen MR) is 102 cm³/mol. The van der Waals surface area contributed by atoms with Crippen molar-refractivity contribution in [2.24, 2.45) is 0 Å². The van der Waals surface area contributed by atoms with Gasteiger partial charge in [-0.1, -0.05) is 12.1 Å². The van der Waals surface area contributed by atoms with Crippen LogP contribution in [0.4, 0.5) is 18.9 Å². The van der Waals surface area contributed by atoms with Gasteiger partial charge in [-0.3, -0.25) is 4.79 Å². The first kappa shape index (κ1) is 20.9. The molecule has 1 aromatic heterocycles. The van der Waals surface area contributed by atoms with Gasteiger partial charge in [0, 0.05) is 6.07 Å². The lowest BCUT2D eigenvalue weighted by Crippen LogP contribution is -2.45. The van der Waals surface area contributed by atoms with Gasteiger partial charge in [-0.05, 0) is 24.3 Å². The first-order valence-electron chi connectivity index (χ1n) is 8.35. The maximum absolute atomic E-state index is 13.8. The summed E-state index contributed by atoms with van der Waals surface area (Å²) in [5, 5.41) is 12.2. The molecule has 0 aliphatic heterocycles. The molecular weight excluding hydrogens is 409 g/mol. The van der Waals surface area contributed by atoms with Crippen molar-refractivity contribution in [2.75, 3.05) is 19.5 Å². The summed E-state index contributed by atoms with van der Waals surface area (Å²) in [7, 11) is 2.76. The Morgan fingerprint density at radius 1 is 1.17 bits per heavy atom. The highest BCUT2D eigenvalue weighted by molar-refractivity contribution is 7.18. The molecular formula is C19H17F3N2O4S. The Labute approximate surface area is 167 Å². The molecule has 0 saturated heterocycles. The van der Waals surface area contributed by atoms with Gasteiger partial charge in [-0.25, -0.2) is 4.98 Å². The zero-order chi connectivity index (χ0) is 21.2. The molecule has 3 aromatic rings. The summed E-state index contributed by atoms with van der Waals surface area (Å²) < 4.78 is 51.9. The van der Waals surface area contributed by atoms with Gasteiger partial charge in [0.05, 0.1) is 36.5 Å². The second-order valence-electron chi connectivity index (χ2n) is 6.14. The molecule has 0 fully saturated rings. The van der Waals surface area contributed by atoms with E-state index < -0.39 is 29.1 Å². The van der Waals surface area contributed by atoms with E-state index in [0.29, 0.717) is 27.3 Å². The summed E-state index contributed by atoms with van der Waals surface area (Å²) in [5.74, 6) is -0.455. The number of thiazole rings is 1. The minimum absolute atomic E-state index is 0.116. The minimum Gasteiger partial charge on any atom is -0.497 e. The average Bonchev–Trinajstić information content (AvgIpc) is 3.11. The zero-order valence-corrected chi connectivity index (χ0v) is 16.2. The van der Waals surface area contributed by atoms with Gasteiger partial charge < -0.3 is 19.9 Å². The third kappa shape index (κ3) is 4.13. The average molecular weight is 426 g/mol. The minimum atomic E-state index is -5.11. The molecule has 10 heteroatoms. The highest BCUT2D eigenvalue weighted by Gasteiger charge is 2.58. The van der Waals surface area contributed by atoms with E-state index in [0.717, 1.165) is 0 Å². The van der Waals surface area contributed by atoms with Crippen LogP contribution < -0.4 is 14.8 Å². The molecule has 1 heterocycles. The van der Waals surface area contributed by atoms with E-state index in [9.17, 15) is 23.1 Å². The van der Waals surface area contributed by atoms with Gasteiger partial charge in [0.15, 0.2) is 0 Å². The van der Waals surface area contributed by atoms with Crippen LogP contribution in [0.1, 0.15) is 11.4 Å². The molecule has 0 spiro atoms. The topological polar surface area (TPSA) is 80.7 Å². The van der Waals surface area contributed by atoms with Crippen LogP contribution in [0.25, 0.3) is 10.2 Å². The Morgan fingerprint density at radius 3 is 2.52 bits per heavy atom. The van der Waals surface area contributed by atoms with Gasteiger partial charge in [0.1, 0.15) is 16.5 Å². The molecule has 3 rings (SSSR count). The maximum atomic E-state index is 13.8.